The molecule has 0 atom stereocenters. The number of aryl methyl sites for hydroxylation is 1. The second kappa shape index (κ2) is 4.31. The fraction of sp³-hybridized carbons (Fsp3) is 0.182. The molecule has 6 heteroatoms. The molecule has 0 saturated heterocycles. The van der Waals surface area contributed by atoms with Crippen molar-refractivity contribution in [2.75, 3.05) is 0 Å². The molecule has 0 radical (unpaired) electrons. The Balaban J connectivity index is 2.57. The van der Waals surface area contributed by atoms with E-state index in [9.17, 15) is 13.0 Å². The van der Waals surface area contributed by atoms with Crippen LogP contribution in [0.25, 0.3) is 11.3 Å². The minimum Gasteiger partial charge on any atom is -0.693 e. The average molecular weight is 253 g/mol. The van der Waals surface area contributed by atoms with Crippen molar-refractivity contribution in [3.05, 3.63) is 42.4 Å². The van der Waals surface area contributed by atoms with E-state index in [1.807, 2.05) is 6.07 Å². The lowest BCUT2D eigenvalue weighted by atomic mass is 10.2. The quantitative estimate of drug-likeness (QED) is 0.606. The molecule has 0 amide bonds. The second-order valence-electron chi connectivity index (χ2n) is 3.46. The lowest BCUT2D eigenvalue weighted by Gasteiger charge is -1.96. The summed E-state index contributed by atoms with van der Waals surface area (Å²) >= 11 is 0. The molecule has 0 spiro atoms. The van der Waals surface area contributed by atoms with E-state index in [2.05, 4.69) is 0 Å². The van der Waals surface area contributed by atoms with Crippen LogP contribution in [0.3, 0.4) is 0 Å². The van der Waals surface area contributed by atoms with Gasteiger partial charge in [-0.25, -0.2) is 0 Å². The topological polar surface area (TPSA) is 74.2 Å². The van der Waals surface area contributed by atoms with Crippen molar-refractivity contribution < 1.29 is 21.4 Å². The van der Waals surface area contributed by atoms with E-state index < -0.39 is 10.3 Å². The van der Waals surface area contributed by atoms with Gasteiger partial charge in [0.2, 0.25) is 12.0 Å². The van der Waals surface area contributed by atoms with Gasteiger partial charge in [-0.05, 0) is 0 Å². The molecule has 90 valence electrons. The van der Waals surface area contributed by atoms with Gasteiger partial charge in [-0.1, -0.05) is 41.2 Å². The van der Waals surface area contributed by atoms with Gasteiger partial charge < -0.3 is 8.97 Å². The minimum absolute atomic E-state index is 0.124. The van der Waals surface area contributed by atoms with Crippen LogP contribution in [0.4, 0.5) is 0 Å². The van der Waals surface area contributed by atoms with Gasteiger partial charge in [0, 0.05) is 5.56 Å². The Kier molecular flexibility index (Phi) is 2.99. The molecule has 17 heavy (non-hydrogen) atoms. The Labute approximate surface area is 99.2 Å². The van der Waals surface area contributed by atoms with Crippen LogP contribution in [0.15, 0.2) is 40.9 Å². The average Bonchev–Trinajstić information content (AvgIpc) is 2.74. The monoisotopic (exact) mass is 253 g/mol. The Morgan fingerprint density at radius 3 is 2.41 bits per heavy atom. The molecule has 0 aliphatic carbocycles. The highest BCUT2D eigenvalue weighted by Crippen LogP contribution is 2.19. The smallest absolute Gasteiger partial charge is 0.363 e. The van der Waals surface area contributed by atoms with E-state index in [1.165, 1.54) is 6.20 Å². The molecular formula is C11H11NO4S. The first-order valence-corrected chi connectivity index (χ1v) is 6.45. The molecular weight excluding hydrogens is 242 g/mol. The zero-order chi connectivity index (χ0) is 12.5. The van der Waals surface area contributed by atoms with Gasteiger partial charge in [-0.2, -0.15) is 8.42 Å². The molecule has 1 aromatic heterocycles. The second-order valence-corrected chi connectivity index (χ2v) is 4.71. The molecule has 2 rings (SSSR count). The highest BCUT2D eigenvalue weighted by Gasteiger charge is 2.23. The standard InChI is InChI=1S/C11H11NO4S/c1-2-11-12(17(13,14)15)8-10(16-11)9-6-4-3-5-7-9/h3-8H,2H2,1H3. The molecule has 0 aliphatic heterocycles. The molecule has 0 fully saturated rings. The predicted molar refractivity (Wildman–Crippen MR) is 58.8 cm³/mol. The number of oxazole rings is 1. The Hall–Kier alpha value is -1.66. The van der Waals surface area contributed by atoms with Crippen LogP contribution in [0.5, 0.6) is 0 Å². The molecule has 5 nitrogen and oxygen atoms in total. The number of nitrogens with zero attached hydrogens (tertiary/aromatic N) is 1. The van der Waals surface area contributed by atoms with Crippen molar-refractivity contribution in [2.24, 2.45) is 0 Å². The first-order chi connectivity index (χ1) is 8.02. The van der Waals surface area contributed by atoms with Crippen LogP contribution in [-0.2, 0) is 16.7 Å². The Bertz CT molecular complexity index is 616. The third-order valence-electron chi connectivity index (χ3n) is 2.31. The molecule has 0 N–H and O–H groups in total. The van der Waals surface area contributed by atoms with Crippen molar-refractivity contribution in [3.63, 3.8) is 0 Å². The third-order valence-corrected chi connectivity index (χ3v) is 3.10. The summed E-state index contributed by atoms with van der Waals surface area (Å²) in [7, 11) is -4.56. The molecule has 0 bridgehead atoms. The van der Waals surface area contributed by atoms with E-state index >= 15 is 0 Å². The first kappa shape index (κ1) is 11.8. The van der Waals surface area contributed by atoms with E-state index in [0.717, 1.165) is 5.56 Å². The molecule has 0 aliphatic rings. The van der Waals surface area contributed by atoms with Gasteiger partial charge in [0.1, 0.15) is 0 Å². The van der Waals surface area contributed by atoms with Crippen LogP contribution in [0, 0.1) is 0 Å². The summed E-state index contributed by atoms with van der Waals surface area (Å²) in [4.78, 5) is 0. The lowest BCUT2D eigenvalue weighted by molar-refractivity contribution is -0.534. The summed E-state index contributed by atoms with van der Waals surface area (Å²) < 4.78 is 39.0. The van der Waals surface area contributed by atoms with E-state index in [4.69, 9.17) is 4.42 Å². The summed E-state index contributed by atoms with van der Waals surface area (Å²) in [6.07, 6.45) is 1.53. The molecule has 1 heterocycles. The lowest BCUT2D eigenvalue weighted by Crippen LogP contribution is -2.43. The van der Waals surface area contributed by atoms with E-state index in [1.54, 1.807) is 31.2 Å². The van der Waals surface area contributed by atoms with E-state index in [0.29, 0.717) is 16.2 Å². The van der Waals surface area contributed by atoms with Crippen molar-refractivity contribution in [1.29, 1.82) is 0 Å². The Morgan fingerprint density at radius 2 is 1.94 bits per heavy atom. The maximum absolute atomic E-state index is 11.0. The van der Waals surface area contributed by atoms with Gasteiger partial charge in [0.25, 0.3) is 0 Å². The fourth-order valence-corrected chi connectivity index (χ4v) is 2.17. The largest absolute Gasteiger partial charge is 0.693 e. The molecule has 0 saturated carbocycles. The number of rotatable bonds is 3. The number of hydrogen-bond donors (Lipinski definition) is 0. The summed E-state index contributed by atoms with van der Waals surface area (Å²) in [6.45, 7) is 1.72. The maximum atomic E-state index is 11.0. The van der Waals surface area contributed by atoms with Crippen LogP contribution >= 0.6 is 0 Å². The normalized spacial score (nSPS) is 11.6. The minimum atomic E-state index is -4.56. The zero-order valence-electron chi connectivity index (χ0n) is 9.16. The maximum Gasteiger partial charge on any atom is 0.363 e. The molecule has 0 unspecified atom stereocenters. The van der Waals surface area contributed by atoms with Crippen LogP contribution < -0.4 is 3.97 Å². The number of aromatic nitrogens is 1. The fourth-order valence-electron chi connectivity index (χ4n) is 1.53. The SMILES string of the molecule is CCc1oc(-c2ccccc2)c[n+]1S(=O)(=O)[O-]. The summed E-state index contributed by atoms with van der Waals surface area (Å²) in [5.41, 5.74) is 0.726. The highest BCUT2D eigenvalue weighted by molar-refractivity contribution is 7.78. The van der Waals surface area contributed by atoms with Gasteiger partial charge in [0.05, 0.1) is 6.42 Å². The first-order valence-electron chi connectivity index (χ1n) is 5.08. The Morgan fingerprint density at radius 1 is 1.29 bits per heavy atom. The molecule has 2 aromatic rings. The number of benzene rings is 1. The summed E-state index contributed by atoms with van der Waals surface area (Å²) in [6, 6.07) is 9.00. The zero-order valence-corrected chi connectivity index (χ0v) is 9.98. The summed E-state index contributed by atoms with van der Waals surface area (Å²) in [5, 5.41) is 0. The molecule has 1 aromatic carbocycles. The van der Waals surface area contributed by atoms with Crippen molar-refractivity contribution >= 4 is 10.3 Å². The third kappa shape index (κ3) is 2.37. The van der Waals surface area contributed by atoms with Crippen LogP contribution in [0.2, 0.25) is 0 Å². The van der Waals surface area contributed by atoms with Gasteiger partial charge in [-0.15, -0.1) is 0 Å². The summed E-state index contributed by atoms with van der Waals surface area (Å²) in [5.74, 6) is 0.487. The van der Waals surface area contributed by atoms with Gasteiger partial charge >= 0.3 is 16.2 Å². The van der Waals surface area contributed by atoms with Crippen LogP contribution in [0.1, 0.15) is 12.8 Å². The highest BCUT2D eigenvalue weighted by atomic mass is 32.2. The van der Waals surface area contributed by atoms with Crippen molar-refractivity contribution in [3.8, 4) is 11.3 Å². The van der Waals surface area contributed by atoms with E-state index in [-0.39, 0.29) is 5.89 Å². The predicted octanol–water partition coefficient (Wildman–Crippen LogP) is 1.10. The van der Waals surface area contributed by atoms with Gasteiger partial charge in [-0.3, -0.25) is 0 Å². The number of hydrogen-bond acceptors (Lipinski definition) is 4. The van der Waals surface area contributed by atoms with Crippen molar-refractivity contribution in [2.45, 2.75) is 13.3 Å². The van der Waals surface area contributed by atoms with Crippen LogP contribution in [-0.4, -0.2) is 13.0 Å². The van der Waals surface area contributed by atoms with Crippen molar-refractivity contribution in [1.82, 2.24) is 0 Å². The van der Waals surface area contributed by atoms with Gasteiger partial charge in [0.15, 0.2) is 0 Å².